The molecular weight excluding hydrogens is 148 g/mol. The Bertz CT molecular complexity index is 297. The Kier molecular flexibility index (Phi) is 1.76. The average molecular weight is 154 g/mol. The average Bonchev–Trinajstić information content (AvgIpc) is 2.30. The quantitative estimate of drug-likeness (QED) is 0.647. The van der Waals surface area contributed by atoms with Crippen molar-refractivity contribution in [3.05, 3.63) is 23.2 Å². The van der Waals surface area contributed by atoms with Crippen molar-refractivity contribution in [2.24, 2.45) is 0 Å². The van der Waals surface area contributed by atoms with Crippen LogP contribution >= 0.6 is 0 Å². The molecule has 1 rings (SSSR count). The van der Waals surface area contributed by atoms with Gasteiger partial charge in [-0.05, 0) is 6.92 Å². The molecule has 1 heterocycles. The van der Waals surface area contributed by atoms with Gasteiger partial charge in [-0.15, -0.1) is 0 Å². The van der Waals surface area contributed by atoms with E-state index in [1.807, 2.05) is 0 Å². The molecule has 58 valence electrons. The predicted molar refractivity (Wildman–Crippen MR) is 35.8 cm³/mol. The van der Waals surface area contributed by atoms with Gasteiger partial charge < -0.3 is 9.52 Å². The zero-order valence-corrected chi connectivity index (χ0v) is 5.83. The Morgan fingerprint density at radius 2 is 2.36 bits per heavy atom. The van der Waals surface area contributed by atoms with Crippen LogP contribution in [0.15, 0.2) is 10.7 Å². The summed E-state index contributed by atoms with van der Waals surface area (Å²) in [4.78, 5) is 20.7. The Morgan fingerprint density at radius 3 is 2.73 bits per heavy atom. The van der Waals surface area contributed by atoms with E-state index in [1.54, 1.807) is 0 Å². The number of carbonyl (C=O) groups excluding carboxylic acids is 1. The van der Waals surface area contributed by atoms with Crippen molar-refractivity contribution in [2.75, 3.05) is 0 Å². The van der Waals surface area contributed by atoms with Crippen LogP contribution in [0.3, 0.4) is 0 Å². The maximum Gasteiger partial charge on any atom is 0.339 e. The molecule has 0 bridgehead atoms. The van der Waals surface area contributed by atoms with Crippen LogP contribution in [-0.4, -0.2) is 17.4 Å². The van der Waals surface area contributed by atoms with Gasteiger partial charge in [0.15, 0.2) is 6.29 Å². The Balaban J connectivity index is 3.28. The lowest BCUT2D eigenvalue weighted by atomic mass is 10.2. The lowest BCUT2D eigenvalue weighted by molar-refractivity contribution is 0.0692. The topological polar surface area (TPSA) is 67.5 Å². The number of hydrogen-bond donors (Lipinski definition) is 1. The molecule has 0 spiro atoms. The molecule has 0 aromatic carbocycles. The van der Waals surface area contributed by atoms with Gasteiger partial charge in [0.25, 0.3) is 0 Å². The zero-order valence-electron chi connectivity index (χ0n) is 5.83. The third-order valence-electron chi connectivity index (χ3n) is 1.34. The Morgan fingerprint density at radius 1 is 1.73 bits per heavy atom. The van der Waals surface area contributed by atoms with Crippen molar-refractivity contribution in [3.63, 3.8) is 0 Å². The van der Waals surface area contributed by atoms with Crippen LogP contribution in [0, 0.1) is 6.92 Å². The summed E-state index contributed by atoms with van der Waals surface area (Å²) in [5, 5.41) is 8.55. The molecule has 0 saturated heterocycles. The van der Waals surface area contributed by atoms with Crippen molar-refractivity contribution < 1.29 is 19.1 Å². The van der Waals surface area contributed by atoms with Gasteiger partial charge in [0.1, 0.15) is 17.6 Å². The summed E-state index contributed by atoms with van der Waals surface area (Å²) in [6.07, 6.45) is 1.59. The summed E-state index contributed by atoms with van der Waals surface area (Å²) in [6, 6.07) is 0. The minimum Gasteiger partial charge on any atom is -0.478 e. The van der Waals surface area contributed by atoms with Crippen LogP contribution in [0.2, 0.25) is 0 Å². The highest BCUT2D eigenvalue weighted by Gasteiger charge is 2.15. The SMILES string of the molecule is Cc1occ(C=O)c1C(=O)O. The molecule has 0 radical (unpaired) electrons. The van der Waals surface area contributed by atoms with Crippen LogP contribution in [0.4, 0.5) is 0 Å². The summed E-state index contributed by atoms with van der Waals surface area (Å²) in [5.74, 6) is -0.891. The maximum absolute atomic E-state index is 10.4. The van der Waals surface area contributed by atoms with Gasteiger partial charge in [-0.1, -0.05) is 0 Å². The second-order valence-electron chi connectivity index (χ2n) is 2.05. The van der Waals surface area contributed by atoms with Gasteiger partial charge in [0.2, 0.25) is 0 Å². The molecule has 11 heavy (non-hydrogen) atoms. The summed E-state index contributed by atoms with van der Waals surface area (Å²) in [6.45, 7) is 1.50. The first-order valence-electron chi connectivity index (χ1n) is 2.93. The van der Waals surface area contributed by atoms with Gasteiger partial charge in [-0.3, -0.25) is 4.79 Å². The smallest absolute Gasteiger partial charge is 0.339 e. The van der Waals surface area contributed by atoms with Crippen LogP contribution in [0.25, 0.3) is 0 Å². The standard InChI is InChI=1S/C7H6O4/c1-4-6(7(9)10)5(2-8)3-11-4/h2-3H,1H3,(H,9,10). The fraction of sp³-hybridized carbons (Fsp3) is 0.143. The van der Waals surface area contributed by atoms with E-state index >= 15 is 0 Å². The lowest BCUT2D eigenvalue weighted by Crippen LogP contribution is -1.99. The maximum atomic E-state index is 10.4. The van der Waals surface area contributed by atoms with Crippen molar-refractivity contribution in [1.29, 1.82) is 0 Å². The number of hydrogen-bond acceptors (Lipinski definition) is 3. The summed E-state index contributed by atoms with van der Waals surface area (Å²) < 4.78 is 4.74. The number of carbonyl (C=O) groups is 2. The van der Waals surface area contributed by atoms with Gasteiger partial charge in [0, 0.05) is 0 Å². The molecular formula is C7H6O4. The molecule has 0 fully saturated rings. The van der Waals surface area contributed by atoms with E-state index in [-0.39, 0.29) is 16.9 Å². The first kappa shape index (κ1) is 7.53. The molecule has 4 heteroatoms. The van der Waals surface area contributed by atoms with E-state index in [0.717, 1.165) is 6.26 Å². The molecule has 0 aliphatic carbocycles. The molecule has 0 unspecified atom stereocenters. The van der Waals surface area contributed by atoms with E-state index in [9.17, 15) is 9.59 Å². The zero-order chi connectivity index (χ0) is 8.43. The van der Waals surface area contributed by atoms with E-state index in [4.69, 9.17) is 9.52 Å². The van der Waals surface area contributed by atoms with Crippen LogP contribution in [0.5, 0.6) is 0 Å². The summed E-state index contributed by atoms with van der Waals surface area (Å²) in [7, 11) is 0. The van der Waals surface area contributed by atoms with Gasteiger partial charge in [0.05, 0.1) is 5.56 Å². The normalized spacial score (nSPS) is 9.55. The number of furan rings is 1. The molecule has 1 aromatic heterocycles. The summed E-state index contributed by atoms with van der Waals surface area (Å²) >= 11 is 0. The second-order valence-corrected chi connectivity index (χ2v) is 2.05. The molecule has 1 N–H and O–H groups in total. The number of carboxylic acid groups (broad SMARTS) is 1. The van der Waals surface area contributed by atoms with Crippen LogP contribution in [0.1, 0.15) is 26.5 Å². The monoisotopic (exact) mass is 154 g/mol. The predicted octanol–water partition coefficient (Wildman–Crippen LogP) is 1.10. The lowest BCUT2D eigenvalue weighted by Gasteiger charge is -1.88. The van der Waals surface area contributed by atoms with Crippen molar-refractivity contribution in [1.82, 2.24) is 0 Å². The number of carboxylic acids is 1. The molecule has 1 aromatic rings. The third-order valence-corrected chi connectivity index (χ3v) is 1.34. The third kappa shape index (κ3) is 1.14. The van der Waals surface area contributed by atoms with E-state index in [2.05, 4.69) is 0 Å². The molecule has 0 saturated carbocycles. The molecule has 0 aliphatic heterocycles. The number of aryl methyl sites for hydroxylation is 1. The first-order valence-corrected chi connectivity index (χ1v) is 2.93. The van der Waals surface area contributed by atoms with Crippen LogP contribution in [-0.2, 0) is 0 Å². The van der Waals surface area contributed by atoms with Gasteiger partial charge in [-0.25, -0.2) is 4.79 Å². The van der Waals surface area contributed by atoms with E-state index < -0.39 is 5.97 Å². The van der Waals surface area contributed by atoms with Crippen molar-refractivity contribution in [2.45, 2.75) is 6.92 Å². The highest BCUT2D eigenvalue weighted by molar-refractivity contribution is 5.97. The van der Waals surface area contributed by atoms with Crippen molar-refractivity contribution >= 4 is 12.3 Å². The van der Waals surface area contributed by atoms with Crippen molar-refractivity contribution in [3.8, 4) is 0 Å². The highest BCUT2D eigenvalue weighted by Crippen LogP contribution is 2.13. The van der Waals surface area contributed by atoms with Gasteiger partial charge >= 0.3 is 5.97 Å². The molecule has 0 atom stereocenters. The fourth-order valence-electron chi connectivity index (χ4n) is 0.834. The minimum absolute atomic E-state index is 0.0556. The largest absolute Gasteiger partial charge is 0.478 e. The number of aldehydes is 1. The molecule has 4 nitrogen and oxygen atoms in total. The first-order chi connectivity index (χ1) is 5.16. The Hall–Kier alpha value is -1.58. The number of aromatic carboxylic acids is 1. The minimum atomic E-state index is -1.14. The molecule has 0 aliphatic rings. The van der Waals surface area contributed by atoms with Crippen LogP contribution < -0.4 is 0 Å². The number of rotatable bonds is 2. The highest BCUT2D eigenvalue weighted by atomic mass is 16.4. The second kappa shape index (κ2) is 2.57. The Labute approximate surface area is 62.4 Å². The molecule has 0 amide bonds. The summed E-state index contributed by atoms with van der Waals surface area (Å²) in [5.41, 5.74) is 0.0231. The fourth-order valence-corrected chi connectivity index (χ4v) is 0.834. The van der Waals surface area contributed by atoms with E-state index in [0.29, 0.717) is 6.29 Å². The van der Waals surface area contributed by atoms with Gasteiger partial charge in [-0.2, -0.15) is 0 Å². The van der Waals surface area contributed by atoms with E-state index in [1.165, 1.54) is 6.92 Å².